The van der Waals surface area contributed by atoms with Gasteiger partial charge < -0.3 is 10.4 Å². The highest BCUT2D eigenvalue weighted by Gasteiger charge is 2.09. The first-order chi connectivity index (χ1) is 9.49. The van der Waals surface area contributed by atoms with Gasteiger partial charge in [0, 0.05) is 12.2 Å². The van der Waals surface area contributed by atoms with E-state index in [0.717, 1.165) is 11.3 Å². The molecule has 2 N–H and O–H groups in total. The van der Waals surface area contributed by atoms with E-state index in [1.165, 1.54) is 6.07 Å². The average Bonchev–Trinajstić information content (AvgIpc) is 2.41. The number of anilines is 1. The Balaban J connectivity index is 2.17. The summed E-state index contributed by atoms with van der Waals surface area (Å²) in [4.78, 5) is 11.1. The Morgan fingerprint density at radius 3 is 2.75 bits per heavy atom. The van der Waals surface area contributed by atoms with E-state index in [0.29, 0.717) is 16.6 Å². The minimum absolute atomic E-state index is 0.273. The molecule has 0 aliphatic carbocycles. The number of hydrogen-bond donors (Lipinski definition) is 2. The first-order valence-electron chi connectivity index (χ1n) is 5.99. The van der Waals surface area contributed by atoms with Crippen molar-refractivity contribution in [2.24, 2.45) is 0 Å². The maximum Gasteiger partial charge on any atom is 0.336 e. The molecule has 0 bridgehead atoms. The van der Waals surface area contributed by atoms with Gasteiger partial charge in [0.05, 0.1) is 10.0 Å². The average molecular weight is 338 g/mol. The van der Waals surface area contributed by atoms with Crippen LogP contribution < -0.4 is 5.32 Å². The number of carboxylic acid groups (broad SMARTS) is 1. The second kappa shape index (κ2) is 6.05. The molecule has 104 valence electrons. The molecule has 0 fully saturated rings. The summed E-state index contributed by atoms with van der Waals surface area (Å²) in [7, 11) is 0. The third kappa shape index (κ3) is 3.17. The lowest BCUT2D eigenvalue weighted by molar-refractivity contribution is 0.0696. The van der Waals surface area contributed by atoms with Gasteiger partial charge in [0.1, 0.15) is 5.82 Å². The zero-order chi connectivity index (χ0) is 14.7. The van der Waals surface area contributed by atoms with Crippen molar-refractivity contribution >= 4 is 27.6 Å². The standard InChI is InChI=1S/C15H13BrFNO2/c1-9-11(15(19)20)3-2-4-14(9)18-8-10-5-6-13(17)12(16)7-10/h2-7,18H,8H2,1H3,(H,19,20). The van der Waals surface area contributed by atoms with Gasteiger partial charge in [0.2, 0.25) is 0 Å². The lowest BCUT2D eigenvalue weighted by Gasteiger charge is -2.11. The number of aromatic carboxylic acids is 1. The van der Waals surface area contributed by atoms with Crippen molar-refractivity contribution in [1.82, 2.24) is 0 Å². The molecule has 5 heteroatoms. The molecule has 0 saturated heterocycles. The largest absolute Gasteiger partial charge is 0.478 e. The fourth-order valence-corrected chi connectivity index (χ4v) is 2.33. The molecule has 0 aliphatic heterocycles. The van der Waals surface area contributed by atoms with E-state index in [-0.39, 0.29) is 11.4 Å². The van der Waals surface area contributed by atoms with Gasteiger partial charge in [-0.15, -0.1) is 0 Å². The molecule has 0 spiro atoms. The van der Waals surface area contributed by atoms with Crippen molar-refractivity contribution in [2.45, 2.75) is 13.5 Å². The van der Waals surface area contributed by atoms with Gasteiger partial charge in [-0.05, 0) is 58.2 Å². The van der Waals surface area contributed by atoms with Gasteiger partial charge in [0.25, 0.3) is 0 Å². The van der Waals surface area contributed by atoms with Crippen LogP contribution in [0.2, 0.25) is 0 Å². The van der Waals surface area contributed by atoms with Crippen LogP contribution in [0.3, 0.4) is 0 Å². The van der Waals surface area contributed by atoms with Crippen LogP contribution in [-0.4, -0.2) is 11.1 Å². The zero-order valence-corrected chi connectivity index (χ0v) is 12.4. The summed E-state index contributed by atoms with van der Waals surface area (Å²) in [6.07, 6.45) is 0. The number of benzene rings is 2. The number of carboxylic acids is 1. The maximum absolute atomic E-state index is 13.1. The molecule has 0 amide bonds. The molecule has 0 aromatic heterocycles. The van der Waals surface area contributed by atoms with E-state index >= 15 is 0 Å². The minimum atomic E-state index is -0.948. The number of hydrogen-bond acceptors (Lipinski definition) is 2. The highest BCUT2D eigenvalue weighted by atomic mass is 79.9. The highest BCUT2D eigenvalue weighted by molar-refractivity contribution is 9.10. The number of rotatable bonds is 4. The number of carbonyl (C=O) groups is 1. The summed E-state index contributed by atoms with van der Waals surface area (Å²) >= 11 is 3.14. The Kier molecular flexibility index (Phi) is 4.39. The molecule has 3 nitrogen and oxygen atoms in total. The Labute approximate surface area is 124 Å². The predicted molar refractivity (Wildman–Crippen MR) is 79.6 cm³/mol. The Morgan fingerprint density at radius 2 is 2.10 bits per heavy atom. The van der Waals surface area contributed by atoms with Gasteiger partial charge in [-0.2, -0.15) is 0 Å². The molecular formula is C15H13BrFNO2. The summed E-state index contributed by atoms with van der Waals surface area (Å²) in [5.74, 6) is -1.26. The Hall–Kier alpha value is -1.88. The van der Waals surface area contributed by atoms with Crippen molar-refractivity contribution < 1.29 is 14.3 Å². The molecule has 0 radical (unpaired) electrons. The topological polar surface area (TPSA) is 49.3 Å². The van der Waals surface area contributed by atoms with Crippen LogP contribution in [0, 0.1) is 12.7 Å². The summed E-state index contributed by atoms with van der Waals surface area (Å²) in [6.45, 7) is 2.25. The molecule has 20 heavy (non-hydrogen) atoms. The number of halogens is 2. The molecule has 0 unspecified atom stereocenters. The van der Waals surface area contributed by atoms with Gasteiger partial charge in [0.15, 0.2) is 0 Å². The summed E-state index contributed by atoms with van der Waals surface area (Å²) in [5, 5.41) is 12.2. The first-order valence-corrected chi connectivity index (χ1v) is 6.79. The number of nitrogens with one attached hydrogen (secondary N) is 1. The SMILES string of the molecule is Cc1c(NCc2ccc(F)c(Br)c2)cccc1C(=O)O. The van der Waals surface area contributed by atoms with Crippen LogP contribution in [0.4, 0.5) is 10.1 Å². The second-order valence-corrected chi connectivity index (χ2v) is 5.24. The van der Waals surface area contributed by atoms with Crippen LogP contribution in [-0.2, 0) is 6.54 Å². The molecule has 0 saturated carbocycles. The summed E-state index contributed by atoms with van der Waals surface area (Å²) in [5.41, 5.74) is 2.61. The molecule has 2 aromatic rings. The highest BCUT2D eigenvalue weighted by Crippen LogP contribution is 2.21. The fraction of sp³-hybridized carbons (Fsp3) is 0.133. The van der Waals surface area contributed by atoms with Crippen molar-refractivity contribution in [3.63, 3.8) is 0 Å². The third-order valence-corrected chi connectivity index (χ3v) is 3.64. The van der Waals surface area contributed by atoms with Gasteiger partial charge in [-0.3, -0.25) is 0 Å². The summed E-state index contributed by atoms with van der Waals surface area (Å²) < 4.78 is 13.5. The normalized spacial score (nSPS) is 10.3. The van der Waals surface area contributed by atoms with Crippen molar-refractivity contribution in [1.29, 1.82) is 0 Å². The maximum atomic E-state index is 13.1. The summed E-state index contributed by atoms with van der Waals surface area (Å²) in [6, 6.07) is 9.85. The van der Waals surface area contributed by atoms with Gasteiger partial charge >= 0.3 is 5.97 Å². The monoisotopic (exact) mass is 337 g/mol. The van der Waals surface area contributed by atoms with Crippen LogP contribution >= 0.6 is 15.9 Å². The zero-order valence-electron chi connectivity index (χ0n) is 10.8. The first kappa shape index (κ1) is 14.5. The van der Waals surface area contributed by atoms with E-state index in [2.05, 4.69) is 21.2 Å². The van der Waals surface area contributed by atoms with E-state index in [4.69, 9.17) is 5.11 Å². The molecule has 2 aromatic carbocycles. The fourth-order valence-electron chi connectivity index (χ4n) is 1.91. The molecule has 0 aliphatic rings. The third-order valence-electron chi connectivity index (χ3n) is 3.03. The minimum Gasteiger partial charge on any atom is -0.478 e. The van der Waals surface area contributed by atoms with E-state index in [9.17, 15) is 9.18 Å². The van der Waals surface area contributed by atoms with Gasteiger partial charge in [-0.25, -0.2) is 9.18 Å². The van der Waals surface area contributed by atoms with Crippen molar-refractivity contribution in [2.75, 3.05) is 5.32 Å². The van der Waals surface area contributed by atoms with Crippen molar-refractivity contribution in [3.8, 4) is 0 Å². The van der Waals surface area contributed by atoms with E-state index in [1.807, 2.05) is 6.07 Å². The second-order valence-electron chi connectivity index (χ2n) is 4.39. The van der Waals surface area contributed by atoms with Crippen LogP contribution in [0.5, 0.6) is 0 Å². The van der Waals surface area contributed by atoms with Gasteiger partial charge in [-0.1, -0.05) is 12.1 Å². The molecule has 0 heterocycles. The lowest BCUT2D eigenvalue weighted by Crippen LogP contribution is -2.05. The van der Waals surface area contributed by atoms with Crippen molar-refractivity contribution in [3.05, 3.63) is 63.4 Å². The molecule has 2 rings (SSSR count). The van der Waals surface area contributed by atoms with Crippen LogP contribution in [0.1, 0.15) is 21.5 Å². The lowest BCUT2D eigenvalue weighted by atomic mass is 10.1. The Bertz CT molecular complexity index is 658. The van der Waals surface area contributed by atoms with E-state index < -0.39 is 5.97 Å². The van der Waals surface area contributed by atoms with Crippen LogP contribution in [0.25, 0.3) is 0 Å². The molecular weight excluding hydrogens is 325 g/mol. The van der Waals surface area contributed by atoms with Crippen LogP contribution in [0.15, 0.2) is 40.9 Å². The Morgan fingerprint density at radius 1 is 1.35 bits per heavy atom. The smallest absolute Gasteiger partial charge is 0.336 e. The quantitative estimate of drug-likeness (QED) is 0.878. The molecule has 0 atom stereocenters. The predicted octanol–water partition coefficient (Wildman–Crippen LogP) is 4.21. The van der Waals surface area contributed by atoms with E-state index in [1.54, 1.807) is 31.2 Å².